The second kappa shape index (κ2) is 9.71. The van der Waals surface area contributed by atoms with Crippen LogP contribution in [0.15, 0.2) is 85.2 Å². The molecule has 1 aliphatic rings. The summed E-state index contributed by atoms with van der Waals surface area (Å²) in [5.74, 6) is 0.293. The van der Waals surface area contributed by atoms with E-state index in [1.807, 2.05) is 70.3 Å². The maximum Gasteiger partial charge on any atom is 0.335 e. The Morgan fingerprint density at radius 1 is 1.03 bits per heavy atom. The van der Waals surface area contributed by atoms with Gasteiger partial charge < -0.3 is 29.4 Å². The number of carbonyl (C=O) groups is 1. The number of aromatic carboxylic acids is 1. The molecule has 8 nitrogen and oxygen atoms in total. The molecular weight excluding hydrogens is 476 g/mol. The maximum atomic E-state index is 11.6. The van der Waals surface area contributed by atoms with Crippen molar-refractivity contribution in [2.24, 2.45) is 0 Å². The van der Waals surface area contributed by atoms with Crippen molar-refractivity contribution < 1.29 is 19.4 Å². The Labute approximate surface area is 213 Å². The van der Waals surface area contributed by atoms with Gasteiger partial charge in [0.1, 0.15) is 17.5 Å². The molecule has 2 aromatic carbocycles. The number of rotatable bonds is 7. The third-order valence-electron chi connectivity index (χ3n) is 6.20. The number of thiocarbonyl (C=S) groups is 1. The Kier molecular flexibility index (Phi) is 6.30. The summed E-state index contributed by atoms with van der Waals surface area (Å²) >= 11 is 5.85. The molecule has 3 heterocycles. The molecule has 0 aliphatic carbocycles. The Bertz CT molecular complexity index is 1420. The van der Waals surface area contributed by atoms with Crippen LogP contribution in [0.4, 0.5) is 5.69 Å². The minimum atomic E-state index is -0.981. The molecule has 2 unspecified atom stereocenters. The summed E-state index contributed by atoms with van der Waals surface area (Å²) in [7, 11) is 3.21. The molecule has 2 N–H and O–H groups in total. The number of carboxylic acid groups (broad SMARTS) is 1. The highest BCUT2D eigenvalue weighted by atomic mass is 32.1. The Morgan fingerprint density at radius 3 is 2.61 bits per heavy atom. The van der Waals surface area contributed by atoms with E-state index in [9.17, 15) is 9.90 Å². The first-order valence-corrected chi connectivity index (χ1v) is 11.7. The van der Waals surface area contributed by atoms with E-state index < -0.39 is 5.97 Å². The fraction of sp³-hybridized carbons (Fsp3) is 0.148. The number of nitrogens with one attached hydrogen (secondary N) is 1. The molecule has 1 aliphatic heterocycles. The zero-order valence-corrected chi connectivity index (χ0v) is 20.5. The fourth-order valence-corrected chi connectivity index (χ4v) is 4.90. The van der Waals surface area contributed by atoms with Gasteiger partial charge in [0.25, 0.3) is 0 Å². The average Bonchev–Trinajstić information content (AvgIpc) is 3.53. The van der Waals surface area contributed by atoms with Gasteiger partial charge in [0.15, 0.2) is 5.11 Å². The van der Waals surface area contributed by atoms with Gasteiger partial charge in [-0.2, -0.15) is 0 Å². The second-order valence-electron chi connectivity index (χ2n) is 8.19. The molecule has 9 heteroatoms. The van der Waals surface area contributed by atoms with E-state index in [1.165, 1.54) is 0 Å². The van der Waals surface area contributed by atoms with Crippen molar-refractivity contribution in [2.45, 2.75) is 12.1 Å². The molecule has 2 atom stereocenters. The molecule has 0 saturated carbocycles. The number of hydrogen-bond donors (Lipinski definition) is 2. The number of hydrogen-bond acceptors (Lipinski definition) is 5. The van der Waals surface area contributed by atoms with Crippen LogP contribution in [0, 0.1) is 0 Å². The normalized spacial score (nSPS) is 17.1. The minimum Gasteiger partial charge on any atom is -0.497 e. The summed E-state index contributed by atoms with van der Waals surface area (Å²) in [5, 5.41) is 13.5. The quantitative estimate of drug-likeness (QED) is 0.351. The Balaban J connectivity index is 1.69. The molecule has 0 spiro atoms. The van der Waals surface area contributed by atoms with Gasteiger partial charge >= 0.3 is 5.97 Å². The first-order chi connectivity index (χ1) is 17.5. The highest BCUT2D eigenvalue weighted by Crippen LogP contribution is 2.45. The van der Waals surface area contributed by atoms with Gasteiger partial charge in [-0.15, -0.1) is 0 Å². The molecule has 2 aromatic heterocycles. The van der Waals surface area contributed by atoms with E-state index in [4.69, 9.17) is 21.7 Å². The SMILES string of the molecule is COc1ccc(N2C(=S)NC(c3ccccn3)C2c2cccn2-c2cccc(C(=O)O)c2)c(OC)c1. The van der Waals surface area contributed by atoms with Gasteiger partial charge in [0.2, 0.25) is 0 Å². The van der Waals surface area contributed by atoms with E-state index in [0.717, 1.165) is 22.8 Å². The number of carboxylic acids is 1. The molecule has 0 radical (unpaired) electrons. The van der Waals surface area contributed by atoms with Crippen LogP contribution >= 0.6 is 12.2 Å². The molecule has 0 amide bonds. The van der Waals surface area contributed by atoms with Gasteiger partial charge in [0, 0.05) is 29.8 Å². The zero-order valence-electron chi connectivity index (χ0n) is 19.7. The maximum absolute atomic E-state index is 11.6. The molecular formula is C27H24N4O4S. The summed E-state index contributed by atoms with van der Waals surface area (Å²) in [6.07, 6.45) is 3.67. The molecule has 1 saturated heterocycles. The smallest absolute Gasteiger partial charge is 0.335 e. The number of nitrogens with zero attached hydrogens (tertiary/aromatic N) is 3. The van der Waals surface area contributed by atoms with E-state index in [-0.39, 0.29) is 17.6 Å². The summed E-state index contributed by atoms with van der Waals surface area (Å²) < 4.78 is 13.1. The van der Waals surface area contributed by atoms with E-state index in [0.29, 0.717) is 16.6 Å². The molecule has 36 heavy (non-hydrogen) atoms. The van der Waals surface area contributed by atoms with Crippen molar-refractivity contribution >= 4 is 29.0 Å². The molecule has 182 valence electrons. The average molecular weight is 501 g/mol. The van der Waals surface area contributed by atoms with Crippen LogP contribution in [0.25, 0.3) is 5.69 Å². The number of ether oxygens (including phenoxy) is 2. The van der Waals surface area contributed by atoms with Crippen LogP contribution in [0.3, 0.4) is 0 Å². The number of aromatic nitrogens is 2. The molecule has 0 bridgehead atoms. The third kappa shape index (κ3) is 4.14. The van der Waals surface area contributed by atoms with E-state index in [2.05, 4.69) is 10.3 Å². The van der Waals surface area contributed by atoms with Crippen LogP contribution in [0.2, 0.25) is 0 Å². The van der Waals surface area contributed by atoms with Gasteiger partial charge in [-0.05, 0) is 66.8 Å². The predicted molar refractivity (Wildman–Crippen MR) is 140 cm³/mol. The number of pyridine rings is 1. The summed E-state index contributed by atoms with van der Waals surface area (Å²) in [5.41, 5.74) is 3.44. The summed E-state index contributed by atoms with van der Waals surface area (Å²) in [6, 6.07) is 21.6. The van der Waals surface area contributed by atoms with Gasteiger partial charge in [0.05, 0.1) is 37.2 Å². The number of anilines is 1. The monoisotopic (exact) mass is 500 g/mol. The van der Waals surface area contributed by atoms with Crippen LogP contribution < -0.4 is 19.7 Å². The standard InChI is InChI=1S/C27H24N4O4S/c1-34-19-11-12-21(23(16-19)35-2)31-25(24(29-27(31)36)20-9-3-4-13-28-20)22-10-6-14-30(22)18-8-5-7-17(15-18)26(32)33/h3-16,24-25H,1-2H3,(H,29,36)(H,32,33). The topological polar surface area (TPSA) is 88.9 Å². The highest BCUT2D eigenvalue weighted by molar-refractivity contribution is 7.80. The van der Waals surface area contributed by atoms with Crippen molar-refractivity contribution in [2.75, 3.05) is 19.1 Å². The largest absolute Gasteiger partial charge is 0.497 e. The molecule has 1 fully saturated rings. The van der Waals surface area contributed by atoms with Gasteiger partial charge in [-0.25, -0.2) is 4.79 Å². The fourth-order valence-electron chi connectivity index (χ4n) is 4.56. The lowest BCUT2D eigenvalue weighted by atomic mass is 10.0. The minimum absolute atomic E-state index is 0.210. The summed E-state index contributed by atoms with van der Waals surface area (Å²) in [6.45, 7) is 0. The summed E-state index contributed by atoms with van der Waals surface area (Å²) in [4.78, 5) is 18.2. The first-order valence-electron chi connectivity index (χ1n) is 11.3. The van der Waals surface area contributed by atoms with Crippen molar-refractivity contribution in [3.05, 3.63) is 102 Å². The number of methoxy groups -OCH3 is 2. The zero-order chi connectivity index (χ0) is 25.2. The van der Waals surface area contributed by atoms with Crippen LogP contribution in [-0.2, 0) is 0 Å². The number of benzene rings is 2. The second-order valence-corrected chi connectivity index (χ2v) is 8.58. The third-order valence-corrected chi connectivity index (χ3v) is 6.51. The molecule has 4 aromatic rings. The van der Waals surface area contributed by atoms with Crippen molar-refractivity contribution in [1.29, 1.82) is 0 Å². The van der Waals surface area contributed by atoms with E-state index in [1.54, 1.807) is 38.6 Å². The van der Waals surface area contributed by atoms with Crippen molar-refractivity contribution in [3.8, 4) is 17.2 Å². The van der Waals surface area contributed by atoms with Crippen LogP contribution in [0.5, 0.6) is 11.5 Å². The van der Waals surface area contributed by atoms with Gasteiger partial charge in [-0.1, -0.05) is 12.1 Å². The lowest BCUT2D eigenvalue weighted by Crippen LogP contribution is -2.30. The van der Waals surface area contributed by atoms with E-state index >= 15 is 0 Å². The van der Waals surface area contributed by atoms with Gasteiger partial charge in [-0.3, -0.25) is 4.98 Å². The highest BCUT2D eigenvalue weighted by Gasteiger charge is 2.43. The Morgan fingerprint density at radius 2 is 1.89 bits per heavy atom. The van der Waals surface area contributed by atoms with Crippen molar-refractivity contribution in [1.82, 2.24) is 14.9 Å². The first kappa shape index (κ1) is 23.4. The molecule has 5 rings (SSSR count). The Hall–Kier alpha value is -4.37. The van der Waals surface area contributed by atoms with Crippen LogP contribution in [0.1, 0.15) is 33.8 Å². The predicted octanol–water partition coefficient (Wildman–Crippen LogP) is 4.76. The van der Waals surface area contributed by atoms with Crippen LogP contribution in [-0.4, -0.2) is 40.0 Å². The van der Waals surface area contributed by atoms with Crippen molar-refractivity contribution in [3.63, 3.8) is 0 Å². The lowest BCUT2D eigenvalue weighted by molar-refractivity contribution is 0.0697. The lowest BCUT2D eigenvalue weighted by Gasteiger charge is -2.30.